The van der Waals surface area contributed by atoms with Crippen molar-refractivity contribution in [2.75, 3.05) is 11.5 Å². The summed E-state index contributed by atoms with van der Waals surface area (Å²) in [7, 11) is 0. The van der Waals surface area contributed by atoms with E-state index in [1.807, 2.05) is 46.0 Å². The van der Waals surface area contributed by atoms with Gasteiger partial charge in [-0.25, -0.2) is 8.91 Å². The highest BCUT2D eigenvalue weighted by atomic mass is 32.2. The molecule has 3 heterocycles. The molecule has 4 aromatic rings. The Balaban J connectivity index is 1.63. The van der Waals surface area contributed by atoms with Gasteiger partial charge in [0.2, 0.25) is 5.78 Å². The number of thioether (sulfide) groups is 1. The summed E-state index contributed by atoms with van der Waals surface area (Å²) >= 11 is 1.90. The first-order chi connectivity index (χ1) is 17.5. The highest BCUT2D eigenvalue weighted by molar-refractivity contribution is 7.99. The highest BCUT2D eigenvalue weighted by Gasteiger charge is 2.26. The number of rotatable bonds is 6. The Kier molecular flexibility index (Phi) is 6.92. The van der Waals surface area contributed by atoms with Gasteiger partial charge in [-0.05, 0) is 66.5 Å². The molecule has 2 aromatic carbocycles. The summed E-state index contributed by atoms with van der Waals surface area (Å²) in [5.74, 6) is 2.82. The molecule has 0 spiro atoms. The second-order valence-corrected chi connectivity index (χ2v) is 10.4. The van der Waals surface area contributed by atoms with Crippen LogP contribution in [0.3, 0.4) is 0 Å². The summed E-state index contributed by atoms with van der Waals surface area (Å²) in [6, 6.07) is 14.4. The van der Waals surface area contributed by atoms with Gasteiger partial charge in [0.15, 0.2) is 0 Å². The molecule has 0 unspecified atom stereocenters. The van der Waals surface area contributed by atoms with Crippen molar-refractivity contribution in [1.82, 2.24) is 19.2 Å². The smallest absolute Gasteiger partial charge is 0.259 e. The fraction of sp³-hybridized carbons (Fsp3) is 0.357. The van der Waals surface area contributed by atoms with E-state index in [1.54, 1.807) is 18.2 Å². The second-order valence-electron chi connectivity index (χ2n) is 9.21. The zero-order valence-corrected chi connectivity index (χ0v) is 21.3. The first kappa shape index (κ1) is 24.3. The van der Waals surface area contributed by atoms with Crippen LogP contribution in [0.4, 0.5) is 4.39 Å². The number of aryl methyl sites for hydroxylation is 2. The average molecular weight is 502 g/mol. The minimum absolute atomic E-state index is 0.0639. The minimum atomic E-state index is -0.391. The lowest BCUT2D eigenvalue weighted by Crippen LogP contribution is -2.34. The first-order valence-corrected chi connectivity index (χ1v) is 13.5. The van der Waals surface area contributed by atoms with Gasteiger partial charge in [-0.15, -0.1) is 0 Å². The molecular formula is C28H28FN5OS. The molecule has 1 fully saturated rings. The normalized spacial score (nSPS) is 14.3. The largest absolute Gasteiger partial charge is 0.274 e. The van der Waals surface area contributed by atoms with E-state index in [0.717, 1.165) is 36.5 Å². The maximum absolute atomic E-state index is 15.5. The van der Waals surface area contributed by atoms with Crippen molar-refractivity contribution in [3.63, 3.8) is 0 Å². The molecule has 8 heteroatoms. The van der Waals surface area contributed by atoms with Gasteiger partial charge in [-0.2, -0.15) is 27.1 Å². The third-order valence-electron chi connectivity index (χ3n) is 6.81. The van der Waals surface area contributed by atoms with Gasteiger partial charge >= 0.3 is 0 Å². The van der Waals surface area contributed by atoms with Crippen LogP contribution in [0.25, 0.3) is 16.9 Å². The van der Waals surface area contributed by atoms with Gasteiger partial charge in [0.05, 0.1) is 17.3 Å². The van der Waals surface area contributed by atoms with E-state index in [0.29, 0.717) is 45.8 Å². The molecule has 0 radical (unpaired) electrons. The van der Waals surface area contributed by atoms with Crippen molar-refractivity contribution in [2.24, 2.45) is 0 Å². The Morgan fingerprint density at radius 2 is 1.97 bits per heavy atom. The van der Waals surface area contributed by atoms with E-state index >= 15 is 4.39 Å². The van der Waals surface area contributed by atoms with Crippen LogP contribution in [-0.2, 0) is 12.8 Å². The van der Waals surface area contributed by atoms with Crippen LogP contribution in [0.2, 0.25) is 0 Å². The van der Waals surface area contributed by atoms with Crippen LogP contribution in [0, 0.1) is 24.1 Å². The Bertz CT molecular complexity index is 1530. The maximum atomic E-state index is 15.5. The summed E-state index contributed by atoms with van der Waals surface area (Å²) in [6.07, 6.45) is 3.47. The van der Waals surface area contributed by atoms with Gasteiger partial charge in [0.1, 0.15) is 11.6 Å². The quantitative estimate of drug-likeness (QED) is 0.349. The third kappa shape index (κ3) is 4.44. The molecule has 1 saturated heterocycles. The van der Waals surface area contributed by atoms with Crippen molar-refractivity contribution in [1.29, 1.82) is 5.26 Å². The van der Waals surface area contributed by atoms with E-state index in [1.165, 1.54) is 6.07 Å². The Hall–Kier alpha value is -3.44. The van der Waals surface area contributed by atoms with Crippen LogP contribution < -0.4 is 5.56 Å². The number of aromatic nitrogens is 4. The second kappa shape index (κ2) is 10.3. The lowest BCUT2D eigenvalue weighted by Gasteiger charge is -2.25. The van der Waals surface area contributed by atoms with Gasteiger partial charge < -0.3 is 0 Å². The van der Waals surface area contributed by atoms with E-state index in [2.05, 4.69) is 23.1 Å². The predicted octanol–water partition coefficient (Wildman–Crippen LogP) is 5.49. The van der Waals surface area contributed by atoms with Crippen molar-refractivity contribution < 1.29 is 4.39 Å². The average Bonchev–Trinajstić information content (AvgIpc) is 3.28. The van der Waals surface area contributed by atoms with Crippen molar-refractivity contribution in [3.8, 4) is 17.2 Å². The number of halogens is 1. The molecule has 0 amide bonds. The van der Waals surface area contributed by atoms with E-state index in [9.17, 15) is 10.1 Å². The zero-order valence-electron chi connectivity index (χ0n) is 20.5. The van der Waals surface area contributed by atoms with E-state index in [-0.39, 0.29) is 18.0 Å². The minimum Gasteiger partial charge on any atom is -0.274 e. The molecule has 184 valence electrons. The molecule has 1 aliphatic rings. The topological polar surface area (TPSA) is 76.0 Å². The number of fused-ring (bicyclic) bond motifs is 1. The highest BCUT2D eigenvalue weighted by Crippen LogP contribution is 2.29. The Morgan fingerprint density at radius 1 is 1.19 bits per heavy atom. The Labute approximate surface area is 213 Å². The SMILES string of the molecule is CCCc1c(Cc2ccc(-c3ccccc3C#N)cc2F)c(=O)n(C2CCSCC2)c2nc(C)nn12. The third-order valence-corrected chi connectivity index (χ3v) is 7.86. The monoisotopic (exact) mass is 501 g/mol. The van der Waals surface area contributed by atoms with Crippen LogP contribution in [0.15, 0.2) is 47.3 Å². The fourth-order valence-corrected chi connectivity index (χ4v) is 6.13. The summed E-state index contributed by atoms with van der Waals surface area (Å²) < 4.78 is 19.1. The molecule has 0 saturated carbocycles. The molecule has 0 aliphatic carbocycles. The lowest BCUT2D eigenvalue weighted by molar-refractivity contribution is 0.455. The van der Waals surface area contributed by atoms with Gasteiger partial charge in [-0.1, -0.05) is 43.7 Å². The standard InChI is InChI=1S/C28H28FN5OS/c1-3-6-26-24(15-20-10-9-19(16-25(20)29)23-8-5-4-7-21(23)17-30)27(35)33(22-11-13-36-14-12-22)28-31-18(2)32-34(26)28/h4-5,7-10,16,22H,3,6,11-15H2,1-2H3. The molecule has 1 aliphatic heterocycles. The first-order valence-electron chi connectivity index (χ1n) is 12.4. The summed E-state index contributed by atoms with van der Waals surface area (Å²) in [5.41, 5.74) is 3.57. The number of nitrogens with zero attached hydrogens (tertiary/aromatic N) is 5. The predicted molar refractivity (Wildman–Crippen MR) is 141 cm³/mol. The summed E-state index contributed by atoms with van der Waals surface area (Å²) in [5, 5.41) is 14.1. The van der Waals surface area contributed by atoms with Gasteiger partial charge in [0.25, 0.3) is 5.56 Å². The van der Waals surface area contributed by atoms with Crippen LogP contribution in [0.1, 0.15) is 60.4 Å². The van der Waals surface area contributed by atoms with Crippen molar-refractivity contribution in [3.05, 3.63) is 86.8 Å². The number of benzene rings is 2. The van der Waals surface area contributed by atoms with E-state index in [4.69, 9.17) is 0 Å². The van der Waals surface area contributed by atoms with Crippen LogP contribution in [-0.4, -0.2) is 30.7 Å². The lowest BCUT2D eigenvalue weighted by atomic mass is 9.96. The molecule has 36 heavy (non-hydrogen) atoms. The summed E-state index contributed by atoms with van der Waals surface area (Å²) in [4.78, 5) is 18.6. The van der Waals surface area contributed by atoms with Crippen molar-refractivity contribution >= 4 is 17.5 Å². The molecule has 6 nitrogen and oxygen atoms in total. The maximum Gasteiger partial charge on any atom is 0.259 e. The fourth-order valence-electron chi connectivity index (χ4n) is 5.05. The zero-order chi connectivity index (χ0) is 25.2. The van der Waals surface area contributed by atoms with Crippen molar-refractivity contribution in [2.45, 2.75) is 52.0 Å². The van der Waals surface area contributed by atoms with Crippen LogP contribution >= 0.6 is 11.8 Å². The molecule has 0 bridgehead atoms. The number of nitriles is 1. The van der Waals surface area contributed by atoms with E-state index < -0.39 is 5.82 Å². The number of hydrogen-bond acceptors (Lipinski definition) is 5. The molecule has 0 N–H and O–H groups in total. The number of hydrogen-bond donors (Lipinski definition) is 0. The molecular weight excluding hydrogens is 473 g/mol. The van der Waals surface area contributed by atoms with Crippen LogP contribution in [0.5, 0.6) is 0 Å². The van der Waals surface area contributed by atoms with Gasteiger partial charge in [-0.3, -0.25) is 9.36 Å². The Morgan fingerprint density at radius 3 is 2.69 bits per heavy atom. The molecule has 0 atom stereocenters. The molecule has 2 aromatic heterocycles. The van der Waals surface area contributed by atoms with Gasteiger partial charge in [0, 0.05) is 18.0 Å². The molecule has 5 rings (SSSR count). The summed E-state index contributed by atoms with van der Waals surface area (Å²) in [6.45, 7) is 3.90.